The largest absolute Gasteiger partial charge is 0.387 e. The van der Waals surface area contributed by atoms with Crippen molar-refractivity contribution in [2.75, 3.05) is 0 Å². The van der Waals surface area contributed by atoms with Crippen LogP contribution in [-0.2, 0) is 34.1 Å². The maximum atomic E-state index is 12.6. The van der Waals surface area contributed by atoms with Gasteiger partial charge in [-0.2, -0.15) is 0 Å². The van der Waals surface area contributed by atoms with Crippen LogP contribution in [-0.4, -0.2) is 11.6 Å². The lowest BCUT2D eigenvalue weighted by Gasteiger charge is -2.11. The van der Waals surface area contributed by atoms with Gasteiger partial charge < -0.3 is 14.9 Å². The van der Waals surface area contributed by atoms with Gasteiger partial charge in [0.2, 0.25) is 0 Å². The molecule has 3 aromatic rings. The van der Waals surface area contributed by atoms with Crippen molar-refractivity contribution >= 4 is 11.6 Å². The van der Waals surface area contributed by atoms with Gasteiger partial charge in [-0.25, -0.2) is 0 Å². The van der Waals surface area contributed by atoms with Crippen LogP contribution in [0.4, 0.5) is 0 Å². The number of hydrogen-bond acceptors (Lipinski definition) is 4. The molecule has 0 aliphatic carbocycles. The zero-order valence-corrected chi connectivity index (χ0v) is 16.7. The van der Waals surface area contributed by atoms with Crippen LogP contribution in [0, 0.1) is 0 Å². The molecular weight excluding hydrogens is 376 g/mol. The van der Waals surface area contributed by atoms with E-state index >= 15 is 0 Å². The third-order valence-corrected chi connectivity index (χ3v) is 5.03. The van der Waals surface area contributed by atoms with Crippen molar-refractivity contribution in [3.8, 4) is 0 Å². The van der Waals surface area contributed by atoms with E-state index in [0.717, 1.165) is 22.3 Å². The molecule has 1 N–H and O–H groups in total. The van der Waals surface area contributed by atoms with E-state index in [0.29, 0.717) is 31.9 Å². The average molecular weight is 400 g/mol. The Balaban J connectivity index is 1.29. The molecule has 152 valence electrons. The first kappa shape index (κ1) is 19.9. The minimum atomic E-state index is -0.203. The predicted octanol–water partition coefficient (Wildman–Crippen LogP) is 4.54. The molecule has 1 amide bonds. The van der Waals surface area contributed by atoms with Crippen LogP contribution in [0.2, 0.25) is 0 Å². The van der Waals surface area contributed by atoms with E-state index in [2.05, 4.69) is 10.5 Å². The highest BCUT2D eigenvalue weighted by atomic mass is 16.6. The summed E-state index contributed by atoms with van der Waals surface area (Å²) in [6.45, 7) is 1.45. The van der Waals surface area contributed by atoms with E-state index in [-0.39, 0.29) is 12.0 Å². The summed E-state index contributed by atoms with van der Waals surface area (Å²) in [6, 6.07) is 27.8. The van der Waals surface area contributed by atoms with Gasteiger partial charge in [0.15, 0.2) is 6.10 Å². The van der Waals surface area contributed by atoms with Crippen LogP contribution in [0.1, 0.15) is 34.8 Å². The minimum Gasteiger partial charge on any atom is -0.387 e. The molecule has 0 fully saturated rings. The molecule has 1 unspecified atom stereocenters. The van der Waals surface area contributed by atoms with Crippen molar-refractivity contribution in [2.45, 2.75) is 32.3 Å². The monoisotopic (exact) mass is 400 g/mol. The quantitative estimate of drug-likeness (QED) is 0.604. The topological polar surface area (TPSA) is 59.9 Å². The van der Waals surface area contributed by atoms with Crippen LogP contribution in [0.5, 0.6) is 0 Å². The third-order valence-electron chi connectivity index (χ3n) is 5.03. The van der Waals surface area contributed by atoms with Gasteiger partial charge in [0, 0.05) is 13.0 Å². The lowest BCUT2D eigenvalue weighted by atomic mass is 10.0. The molecule has 0 aromatic heterocycles. The number of oxime groups is 1. The summed E-state index contributed by atoms with van der Waals surface area (Å²) in [5.41, 5.74) is 4.65. The van der Waals surface area contributed by atoms with E-state index in [1.165, 1.54) is 0 Å². The Labute approximate surface area is 176 Å². The maximum Gasteiger partial charge on any atom is 0.269 e. The molecular formula is C25H24N2O3. The summed E-state index contributed by atoms with van der Waals surface area (Å²) in [4.78, 5) is 18.0. The van der Waals surface area contributed by atoms with Gasteiger partial charge in [0.1, 0.15) is 5.71 Å². The molecule has 5 heteroatoms. The molecule has 1 atom stereocenters. The summed E-state index contributed by atoms with van der Waals surface area (Å²) >= 11 is 0. The lowest BCUT2D eigenvalue weighted by Crippen LogP contribution is -2.30. The number of rotatable bonds is 8. The first-order chi connectivity index (χ1) is 14.8. The summed E-state index contributed by atoms with van der Waals surface area (Å²) in [5.74, 6) is -0.201. The van der Waals surface area contributed by atoms with Crippen molar-refractivity contribution in [1.82, 2.24) is 5.32 Å². The molecule has 3 aromatic carbocycles. The molecule has 1 aliphatic rings. The Morgan fingerprint density at radius 2 is 1.57 bits per heavy atom. The Morgan fingerprint density at radius 3 is 2.33 bits per heavy atom. The Kier molecular flexibility index (Phi) is 6.52. The summed E-state index contributed by atoms with van der Waals surface area (Å²) in [5, 5.41) is 6.95. The molecule has 30 heavy (non-hydrogen) atoms. The molecule has 0 radical (unpaired) electrons. The molecule has 0 spiro atoms. The van der Waals surface area contributed by atoms with Gasteiger partial charge >= 0.3 is 0 Å². The highest BCUT2D eigenvalue weighted by Crippen LogP contribution is 2.26. The number of carbonyl (C=O) groups excluding carboxylic acids is 1. The smallest absolute Gasteiger partial charge is 0.269 e. The summed E-state index contributed by atoms with van der Waals surface area (Å²) in [7, 11) is 0. The van der Waals surface area contributed by atoms with Crippen molar-refractivity contribution in [3.63, 3.8) is 0 Å². The fourth-order valence-corrected chi connectivity index (χ4v) is 3.36. The van der Waals surface area contributed by atoms with Crippen molar-refractivity contribution in [3.05, 3.63) is 107 Å². The highest BCUT2D eigenvalue weighted by Gasteiger charge is 2.27. The summed E-state index contributed by atoms with van der Waals surface area (Å²) < 4.78 is 5.86. The Morgan fingerprint density at radius 1 is 0.900 bits per heavy atom. The zero-order chi connectivity index (χ0) is 20.6. The van der Waals surface area contributed by atoms with Gasteiger partial charge in [-0.05, 0) is 22.3 Å². The van der Waals surface area contributed by atoms with E-state index in [1.54, 1.807) is 0 Å². The Bertz CT molecular complexity index is 1000. The Hall–Kier alpha value is -3.44. The number of hydrogen-bond donors (Lipinski definition) is 1. The molecule has 0 bridgehead atoms. The number of nitrogens with one attached hydrogen (secondary N) is 1. The van der Waals surface area contributed by atoms with Gasteiger partial charge in [-0.1, -0.05) is 90.1 Å². The van der Waals surface area contributed by atoms with E-state index in [4.69, 9.17) is 9.57 Å². The molecule has 0 saturated carbocycles. The normalized spacial score (nSPS) is 15.3. The number of amides is 1. The predicted molar refractivity (Wildman–Crippen MR) is 116 cm³/mol. The highest BCUT2D eigenvalue weighted by molar-refractivity contribution is 6.39. The second-order valence-corrected chi connectivity index (χ2v) is 7.18. The maximum absolute atomic E-state index is 12.6. The lowest BCUT2D eigenvalue weighted by molar-refractivity contribution is -0.115. The molecule has 1 aliphatic heterocycles. The molecule has 1 heterocycles. The number of benzene rings is 3. The fourth-order valence-electron chi connectivity index (χ4n) is 3.36. The van der Waals surface area contributed by atoms with Crippen LogP contribution < -0.4 is 5.32 Å². The first-order valence-corrected chi connectivity index (χ1v) is 10.0. The average Bonchev–Trinajstić information content (AvgIpc) is 3.30. The van der Waals surface area contributed by atoms with Crippen molar-refractivity contribution in [2.24, 2.45) is 5.16 Å². The molecule has 0 saturated heterocycles. The van der Waals surface area contributed by atoms with Crippen LogP contribution in [0.25, 0.3) is 0 Å². The zero-order valence-electron chi connectivity index (χ0n) is 16.7. The summed E-state index contributed by atoms with van der Waals surface area (Å²) in [6.07, 6.45) is 0.267. The van der Waals surface area contributed by atoms with Crippen LogP contribution in [0.3, 0.4) is 0 Å². The van der Waals surface area contributed by atoms with E-state index < -0.39 is 0 Å². The number of ether oxygens (including phenoxy) is 1. The van der Waals surface area contributed by atoms with Crippen molar-refractivity contribution in [1.29, 1.82) is 0 Å². The minimum absolute atomic E-state index is 0.201. The second-order valence-electron chi connectivity index (χ2n) is 7.18. The number of carbonyl (C=O) groups is 1. The molecule has 5 nitrogen and oxygen atoms in total. The number of nitrogens with zero attached hydrogens (tertiary/aromatic N) is 1. The van der Waals surface area contributed by atoms with Crippen LogP contribution >= 0.6 is 0 Å². The van der Waals surface area contributed by atoms with Gasteiger partial charge in [0.05, 0.1) is 13.2 Å². The fraction of sp³-hybridized carbons (Fsp3) is 0.200. The van der Waals surface area contributed by atoms with Gasteiger partial charge in [-0.15, -0.1) is 0 Å². The SMILES string of the molecule is O=C(NCc1ccccc1COCc1ccccc1)C1=NOC(c2ccccc2)C1. The van der Waals surface area contributed by atoms with E-state index in [1.807, 2.05) is 84.9 Å². The van der Waals surface area contributed by atoms with Gasteiger partial charge in [0.25, 0.3) is 5.91 Å². The standard InChI is InChI=1S/C25H24N2O3/c28-25(23-15-24(30-27-23)20-11-5-2-6-12-20)26-16-21-13-7-8-14-22(21)18-29-17-19-9-3-1-4-10-19/h1-14,24H,15-18H2,(H,26,28). The van der Waals surface area contributed by atoms with E-state index in [9.17, 15) is 4.79 Å². The van der Waals surface area contributed by atoms with Crippen molar-refractivity contribution < 1.29 is 14.4 Å². The first-order valence-electron chi connectivity index (χ1n) is 10.0. The molecule has 4 rings (SSSR count). The van der Waals surface area contributed by atoms with Crippen LogP contribution in [0.15, 0.2) is 90.1 Å². The van der Waals surface area contributed by atoms with Gasteiger partial charge in [-0.3, -0.25) is 4.79 Å². The second kappa shape index (κ2) is 9.85. The third kappa shape index (κ3) is 5.13.